The van der Waals surface area contributed by atoms with Crippen molar-refractivity contribution in [3.8, 4) is 0 Å². The normalized spacial score (nSPS) is 10.4. The molecule has 21 heavy (non-hydrogen) atoms. The van der Waals surface area contributed by atoms with Crippen molar-refractivity contribution in [2.75, 3.05) is 39.6 Å². The van der Waals surface area contributed by atoms with Crippen LogP contribution in [0.1, 0.15) is 10.4 Å². The van der Waals surface area contributed by atoms with Crippen molar-refractivity contribution in [1.29, 1.82) is 0 Å². The van der Waals surface area contributed by atoms with Gasteiger partial charge in [-0.25, -0.2) is 0 Å². The van der Waals surface area contributed by atoms with Gasteiger partial charge in [0.05, 0.1) is 11.5 Å². The van der Waals surface area contributed by atoms with E-state index in [-0.39, 0.29) is 11.3 Å². The highest BCUT2D eigenvalue weighted by Gasteiger charge is 2.20. The molecule has 1 aromatic rings. The highest BCUT2D eigenvalue weighted by molar-refractivity contribution is 7.98. The minimum Gasteiger partial charge on any atom is -0.383 e. The van der Waals surface area contributed by atoms with Crippen molar-refractivity contribution in [3.05, 3.63) is 33.9 Å². The van der Waals surface area contributed by atoms with Gasteiger partial charge in [0.15, 0.2) is 0 Å². The number of benzene rings is 1. The zero-order chi connectivity index (χ0) is 15.7. The number of hydrogen-bond donors (Lipinski definition) is 2. The standard InChI is InChI=1S/C13H19N3O4S/c1-20-8-7-14-5-6-15-13(17)11-9-10(21-2)3-4-12(11)16(18)19/h3-4,9,14H,5-8H2,1-2H3,(H,15,17). The van der Waals surface area contributed by atoms with Crippen LogP contribution in [0.5, 0.6) is 0 Å². The number of thioether (sulfide) groups is 1. The molecule has 0 spiro atoms. The molecule has 0 heterocycles. The van der Waals surface area contributed by atoms with E-state index in [1.165, 1.54) is 23.9 Å². The lowest BCUT2D eigenvalue weighted by Crippen LogP contribution is -2.33. The number of ether oxygens (including phenoxy) is 1. The molecule has 0 fully saturated rings. The number of nitro groups is 1. The third-order valence-corrected chi connectivity index (χ3v) is 3.44. The number of nitrogens with zero attached hydrogens (tertiary/aromatic N) is 1. The largest absolute Gasteiger partial charge is 0.383 e. The molecule has 0 bridgehead atoms. The zero-order valence-electron chi connectivity index (χ0n) is 12.0. The Labute approximate surface area is 127 Å². The predicted molar refractivity (Wildman–Crippen MR) is 82.0 cm³/mol. The average Bonchev–Trinajstić information content (AvgIpc) is 2.49. The Morgan fingerprint density at radius 2 is 2.14 bits per heavy atom. The van der Waals surface area contributed by atoms with E-state index in [2.05, 4.69) is 10.6 Å². The molecule has 0 saturated heterocycles. The molecule has 0 unspecified atom stereocenters. The van der Waals surface area contributed by atoms with Gasteiger partial charge in [-0.15, -0.1) is 11.8 Å². The average molecular weight is 313 g/mol. The van der Waals surface area contributed by atoms with E-state index < -0.39 is 10.8 Å². The van der Waals surface area contributed by atoms with Crippen molar-refractivity contribution in [1.82, 2.24) is 10.6 Å². The Hall–Kier alpha value is -1.64. The molecule has 116 valence electrons. The van der Waals surface area contributed by atoms with Crippen molar-refractivity contribution < 1.29 is 14.5 Å². The second kappa shape index (κ2) is 9.32. The quantitative estimate of drug-likeness (QED) is 0.309. The number of nitrogens with one attached hydrogen (secondary N) is 2. The van der Waals surface area contributed by atoms with Gasteiger partial charge in [-0.1, -0.05) is 0 Å². The van der Waals surface area contributed by atoms with Crippen molar-refractivity contribution in [3.63, 3.8) is 0 Å². The van der Waals surface area contributed by atoms with Gasteiger partial charge in [0.2, 0.25) is 0 Å². The van der Waals surface area contributed by atoms with Crippen LogP contribution in [0.15, 0.2) is 23.1 Å². The van der Waals surface area contributed by atoms with Gasteiger partial charge in [-0.2, -0.15) is 0 Å². The van der Waals surface area contributed by atoms with Crippen molar-refractivity contribution >= 4 is 23.4 Å². The molecule has 1 amide bonds. The molecule has 0 radical (unpaired) electrons. The first-order valence-corrected chi connectivity index (χ1v) is 7.63. The second-order valence-electron chi connectivity index (χ2n) is 4.14. The van der Waals surface area contributed by atoms with Crippen LogP contribution in [-0.2, 0) is 4.74 Å². The Morgan fingerprint density at radius 3 is 2.76 bits per heavy atom. The predicted octanol–water partition coefficient (Wildman–Crippen LogP) is 1.28. The summed E-state index contributed by atoms with van der Waals surface area (Å²) in [6, 6.07) is 4.53. The SMILES string of the molecule is COCCNCCNC(=O)c1cc(SC)ccc1[N+](=O)[O-]. The van der Waals surface area contributed by atoms with E-state index in [0.717, 1.165) is 4.90 Å². The molecular formula is C13H19N3O4S. The van der Waals surface area contributed by atoms with Crippen LogP contribution in [-0.4, -0.2) is 50.4 Å². The molecule has 0 aliphatic heterocycles. The van der Waals surface area contributed by atoms with Gasteiger partial charge < -0.3 is 15.4 Å². The van der Waals surface area contributed by atoms with Gasteiger partial charge in [0.1, 0.15) is 5.56 Å². The molecule has 0 aliphatic rings. The summed E-state index contributed by atoms with van der Waals surface area (Å²) in [5.41, 5.74) is -0.0959. The fourth-order valence-corrected chi connectivity index (χ4v) is 2.08. The molecule has 1 aromatic carbocycles. The third kappa shape index (κ3) is 5.70. The molecule has 1 rings (SSSR count). The minimum atomic E-state index is -0.546. The fraction of sp³-hybridized carbons (Fsp3) is 0.462. The lowest BCUT2D eigenvalue weighted by Gasteiger charge is -2.08. The summed E-state index contributed by atoms with van der Waals surface area (Å²) in [6.45, 7) is 2.25. The van der Waals surface area contributed by atoms with Crippen LogP contribution in [0.3, 0.4) is 0 Å². The summed E-state index contributed by atoms with van der Waals surface area (Å²) in [6.07, 6.45) is 1.85. The van der Waals surface area contributed by atoms with Crippen LogP contribution >= 0.6 is 11.8 Å². The minimum absolute atomic E-state index is 0.0868. The topological polar surface area (TPSA) is 93.5 Å². The zero-order valence-corrected chi connectivity index (χ0v) is 12.9. The number of hydrogen-bond acceptors (Lipinski definition) is 6. The first-order chi connectivity index (χ1) is 10.1. The number of carbonyl (C=O) groups excluding carboxylic acids is 1. The highest BCUT2D eigenvalue weighted by atomic mass is 32.2. The van der Waals surface area contributed by atoms with Gasteiger partial charge in [0.25, 0.3) is 11.6 Å². The van der Waals surface area contributed by atoms with Gasteiger partial charge in [-0.05, 0) is 18.4 Å². The Balaban J connectivity index is 2.61. The van der Waals surface area contributed by atoms with Gasteiger partial charge >= 0.3 is 0 Å². The highest BCUT2D eigenvalue weighted by Crippen LogP contribution is 2.24. The number of nitro benzene ring substituents is 1. The van der Waals surface area contributed by atoms with Crippen molar-refractivity contribution in [2.24, 2.45) is 0 Å². The molecule has 0 aliphatic carbocycles. The van der Waals surface area contributed by atoms with Crippen LogP contribution in [0.25, 0.3) is 0 Å². The summed E-state index contributed by atoms with van der Waals surface area (Å²) in [5.74, 6) is -0.439. The first kappa shape index (κ1) is 17.4. The molecule has 2 N–H and O–H groups in total. The summed E-state index contributed by atoms with van der Waals surface area (Å²) in [7, 11) is 1.61. The van der Waals surface area contributed by atoms with Crippen molar-refractivity contribution in [2.45, 2.75) is 4.90 Å². The molecule has 0 atom stereocenters. The smallest absolute Gasteiger partial charge is 0.282 e. The summed E-state index contributed by atoms with van der Waals surface area (Å²) in [4.78, 5) is 23.3. The molecule has 0 aromatic heterocycles. The van der Waals surface area contributed by atoms with E-state index in [9.17, 15) is 14.9 Å². The Morgan fingerprint density at radius 1 is 1.38 bits per heavy atom. The molecule has 7 nitrogen and oxygen atoms in total. The first-order valence-electron chi connectivity index (χ1n) is 6.40. The maximum Gasteiger partial charge on any atom is 0.282 e. The van der Waals surface area contributed by atoms with Crippen LogP contribution < -0.4 is 10.6 Å². The maximum atomic E-state index is 12.0. The molecular weight excluding hydrogens is 294 g/mol. The lowest BCUT2D eigenvalue weighted by molar-refractivity contribution is -0.385. The van der Waals surface area contributed by atoms with Gasteiger partial charge in [-0.3, -0.25) is 14.9 Å². The number of methoxy groups -OCH3 is 1. The molecule has 0 saturated carbocycles. The number of rotatable bonds is 9. The number of carbonyl (C=O) groups is 1. The third-order valence-electron chi connectivity index (χ3n) is 2.72. The van der Waals surface area contributed by atoms with Gasteiger partial charge in [0, 0.05) is 37.7 Å². The van der Waals surface area contributed by atoms with E-state index >= 15 is 0 Å². The second-order valence-corrected chi connectivity index (χ2v) is 5.02. The fourth-order valence-electron chi connectivity index (χ4n) is 1.64. The summed E-state index contributed by atoms with van der Waals surface area (Å²) in [5, 5.41) is 16.7. The van der Waals surface area contributed by atoms with E-state index in [0.29, 0.717) is 26.2 Å². The van der Waals surface area contributed by atoms with Crippen LogP contribution in [0.2, 0.25) is 0 Å². The Bertz CT molecular complexity index is 496. The van der Waals surface area contributed by atoms with E-state index in [4.69, 9.17) is 4.74 Å². The van der Waals surface area contributed by atoms with Crippen LogP contribution in [0.4, 0.5) is 5.69 Å². The Kier molecular flexibility index (Phi) is 7.73. The van der Waals surface area contributed by atoms with E-state index in [1.807, 2.05) is 6.26 Å². The maximum absolute atomic E-state index is 12.0. The van der Waals surface area contributed by atoms with Crippen LogP contribution in [0, 0.1) is 10.1 Å². The summed E-state index contributed by atoms with van der Waals surface area (Å²) >= 11 is 1.43. The summed E-state index contributed by atoms with van der Waals surface area (Å²) < 4.78 is 4.88. The van der Waals surface area contributed by atoms with E-state index in [1.54, 1.807) is 13.2 Å². The molecule has 8 heteroatoms. The monoisotopic (exact) mass is 313 g/mol. The number of amides is 1. The lowest BCUT2D eigenvalue weighted by atomic mass is 10.1.